The first-order chi connectivity index (χ1) is 12.3. The smallest absolute Gasteiger partial charge is 0.348 e. The number of anilines is 2. The number of thiazole rings is 1. The number of rotatable bonds is 5. The van der Waals surface area contributed by atoms with Gasteiger partial charge in [-0.1, -0.05) is 27.3 Å². The van der Waals surface area contributed by atoms with Gasteiger partial charge in [0.25, 0.3) is 5.91 Å². The number of nitrogens with zero attached hydrogens (tertiary/aromatic N) is 2. The van der Waals surface area contributed by atoms with E-state index >= 15 is 0 Å². The largest absolute Gasteiger partial charge is 0.451 e. The van der Waals surface area contributed by atoms with Crippen LogP contribution in [0.25, 0.3) is 9.53 Å². The van der Waals surface area contributed by atoms with Crippen molar-refractivity contribution in [2.24, 2.45) is 0 Å². The lowest BCUT2D eigenvalue weighted by Gasteiger charge is -2.09. The number of fused-ring (bicyclic) bond motifs is 1. The van der Waals surface area contributed by atoms with E-state index in [1.54, 1.807) is 12.1 Å². The van der Waals surface area contributed by atoms with E-state index < -0.39 is 5.97 Å². The quantitative estimate of drug-likeness (QED) is 0.583. The first-order valence-corrected chi connectivity index (χ1v) is 10.1. The third kappa shape index (κ3) is 4.22. The molecule has 26 heavy (non-hydrogen) atoms. The Balaban J connectivity index is 1.59. The van der Waals surface area contributed by atoms with E-state index in [-0.39, 0.29) is 12.5 Å². The summed E-state index contributed by atoms with van der Waals surface area (Å²) in [5, 5.41) is 3.62. The van der Waals surface area contributed by atoms with E-state index in [2.05, 4.69) is 26.2 Å². The van der Waals surface area contributed by atoms with Crippen molar-refractivity contribution >= 4 is 70.8 Å². The number of esters is 1. The summed E-state index contributed by atoms with van der Waals surface area (Å²) in [6, 6.07) is 7.28. The Morgan fingerprint density at radius 3 is 2.69 bits per heavy atom. The lowest BCUT2D eigenvalue weighted by molar-refractivity contribution is -0.119. The van der Waals surface area contributed by atoms with E-state index in [1.165, 1.54) is 22.7 Å². The molecule has 136 valence electrons. The van der Waals surface area contributed by atoms with Crippen LogP contribution in [0.2, 0.25) is 0 Å². The molecule has 1 amide bonds. The summed E-state index contributed by atoms with van der Waals surface area (Å²) in [4.78, 5) is 31.8. The van der Waals surface area contributed by atoms with Crippen molar-refractivity contribution in [2.45, 2.75) is 6.92 Å². The molecular formula is C17H16BrN3O3S2. The van der Waals surface area contributed by atoms with Gasteiger partial charge in [-0.05, 0) is 36.8 Å². The molecule has 6 nitrogen and oxygen atoms in total. The summed E-state index contributed by atoms with van der Waals surface area (Å²) in [5.74, 6) is -0.899. The van der Waals surface area contributed by atoms with Gasteiger partial charge in [0.2, 0.25) is 0 Å². The maximum atomic E-state index is 12.2. The Labute approximate surface area is 166 Å². The average molecular weight is 454 g/mol. The highest BCUT2D eigenvalue weighted by atomic mass is 79.9. The fourth-order valence-electron chi connectivity index (χ4n) is 2.17. The lowest BCUT2D eigenvalue weighted by Crippen LogP contribution is -2.21. The Morgan fingerprint density at radius 1 is 1.27 bits per heavy atom. The van der Waals surface area contributed by atoms with Crippen LogP contribution in [0.4, 0.5) is 10.8 Å². The normalized spacial score (nSPS) is 10.8. The minimum Gasteiger partial charge on any atom is -0.451 e. The molecule has 0 aliphatic heterocycles. The third-order valence-electron chi connectivity index (χ3n) is 3.46. The van der Waals surface area contributed by atoms with Crippen LogP contribution >= 0.6 is 38.6 Å². The van der Waals surface area contributed by atoms with E-state index in [1.807, 2.05) is 38.1 Å². The van der Waals surface area contributed by atoms with Crippen molar-refractivity contribution in [1.29, 1.82) is 0 Å². The number of aromatic nitrogens is 1. The van der Waals surface area contributed by atoms with Gasteiger partial charge < -0.3 is 15.0 Å². The van der Waals surface area contributed by atoms with Crippen LogP contribution in [0.3, 0.4) is 0 Å². The molecule has 0 aliphatic rings. The summed E-state index contributed by atoms with van der Waals surface area (Å²) in [6.45, 7) is 1.55. The third-order valence-corrected chi connectivity index (χ3v) is 6.26. The molecule has 9 heteroatoms. The van der Waals surface area contributed by atoms with Crippen LogP contribution in [0, 0.1) is 6.92 Å². The van der Waals surface area contributed by atoms with Gasteiger partial charge in [-0.2, -0.15) is 0 Å². The fourth-order valence-corrected chi connectivity index (χ4v) is 4.67. The number of hydrogen-bond donors (Lipinski definition) is 1. The second kappa shape index (κ2) is 7.73. The average Bonchev–Trinajstić information content (AvgIpc) is 3.14. The highest BCUT2D eigenvalue weighted by Gasteiger charge is 2.17. The van der Waals surface area contributed by atoms with Gasteiger partial charge in [-0.25, -0.2) is 9.78 Å². The van der Waals surface area contributed by atoms with Gasteiger partial charge in [0.05, 0.1) is 4.70 Å². The lowest BCUT2D eigenvalue weighted by atomic mass is 10.2. The van der Waals surface area contributed by atoms with Crippen molar-refractivity contribution in [1.82, 2.24) is 4.98 Å². The van der Waals surface area contributed by atoms with Crippen molar-refractivity contribution in [2.75, 3.05) is 30.9 Å². The van der Waals surface area contributed by atoms with Gasteiger partial charge in [-0.15, -0.1) is 11.3 Å². The molecule has 1 N–H and O–H groups in total. The Morgan fingerprint density at radius 2 is 2.04 bits per heavy atom. The van der Waals surface area contributed by atoms with Crippen LogP contribution in [-0.2, 0) is 9.53 Å². The number of aryl methyl sites for hydroxylation is 1. The highest BCUT2D eigenvalue weighted by molar-refractivity contribution is 9.10. The van der Waals surface area contributed by atoms with Crippen LogP contribution in [0.15, 0.2) is 28.7 Å². The standard InChI is InChI=1S/C17H16BrN3O3S2/c1-9-6-10(18)4-5-11(9)19-14(22)8-24-16(23)13-7-12-15(25-13)20-17(26-12)21(2)3/h4-7H,8H2,1-3H3,(H,19,22). The maximum Gasteiger partial charge on any atom is 0.348 e. The van der Waals surface area contributed by atoms with Gasteiger partial charge in [0.1, 0.15) is 9.71 Å². The van der Waals surface area contributed by atoms with E-state index in [4.69, 9.17) is 4.74 Å². The zero-order valence-electron chi connectivity index (χ0n) is 14.3. The topological polar surface area (TPSA) is 71.5 Å². The molecule has 0 radical (unpaired) electrons. The molecule has 2 heterocycles. The van der Waals surface area contributed by atoms with Crippen molar-refractivity contribution in [3.05, 3.63) is 39.2 Å². The second-order valence-electron chi connectivity index (χ2n) is 5.75. The predicted molar refractivity (Wildman–Crippen MR) is 110 cm³/mol. The molecule has 2 aromatic heterocycles. The molecule has 3 aromatic rings. The van der Waals surface area contributed by atoms with Gasteiger partial charge >= 0.3 is 5.97 Å². The minimum absolute atomic E-state index is 0.337. The van der Waals surface area contributed by atoms with Crippen LogP contribution in [0.1, 0.15) is 15.2 Å². The molecular weight excluding hydrogens is 438 g/mol. The Bertz CT molecular complexity index is 949. The van der Waals surface area contributed by atoms with Crippen LogP contribution < -0.4 is 10.2 Å². The molecule has 0 bridgehead atoms. The van der Waals surface area contributed by atoms with E-state index in [9.17, 15) is 9.59 Å². The summed E-state index contributed by atoms with van der Waals surface area (Å²) in [5.41, 5.74) is 1.60. The number of thiophene rings is 1. The SMILES string of the molecule is Cc1cc(Br)ccc1NC(=O)COC(=O)c1cc2sc(N(C)C)nc2s1. The van der Waals surface area contributed by atoms with Gasteiger partial charge in [0.15, 0.2) is 11.7 Å². The molecule has 0 spiro atoms. The molecule has 0 atom stereocenters. The zero-order valence-corrected chi connectivity index (χ0v) is 17.5. The molecule has 3 rings (SSSR count). The molecule has 1 aromatic carbocycles. The molecule has 0 aliphatic carbocycles. The number of nitrogens with one attached hydrogen (secondary N) is 1. The molecule has 0 unspecified atom stereocenters. The number of ether oxygens (including phenoxy) is 1. The number of halogens is 1. The van der Waals surface area contributed by atoms with Crippen LogP contribution in [-0.4, -0.2) is 37.6 Å². The monoisotopic (exact) mass is 453 g/mol. The second-order valence-corrected chi connectivity index (χ2v) is 8.71. The van der Waals surface area contributed by atoms with Gasteiger partial charge in [-0.3, -0.25) is 4.79 Å². The number of amides is 1. The summed E-state index contributed by atoms with van der Waals surface area (Å²) in [7, 11) is 3.84. The first-order valence-electron chi connectivity index (χ1n) is 7.64. The Kier molecular flexibility index (Phi) is 5.59. The van der Waals surface area contributed by atoms with E-state index in [0.717, 1.165) is 24.7 Å². The number of carbonyl (C=O) groups excluding carboxylic acids is 2. The van der Waals surface area contributed by atoms with Crippen molar-refractivity contribution in [3.8, 4) is 0 Å². The number of benzene rings is 1. The fraction of sp³-hybridized carbons (Fsp3) is 0.235. The van der Waals surface area contributed by atoms with Gasteiger partial charge in [0, 0.05) is 24.3 Å². The van der Waals surface area contributed by atoms with Crippen molar-refractivity contribution < 1.29 is 14.3 Å². The Hall–Kier alpha value is -1.97. The highest BCUT2D eigenvalue weighted by Crippen LogP contribution is 2.34. The summed E-state index contributed by atoms with van der Waals surface area (Å²) >= 11 is 6.15. The number of carbonyl (C=O) groups is 2. The first kappa shape index (κ1) is 18.8. The van der Waals surface area contributed by atoms with Crippen molar-refractivity contribution in [3.63, 3.8) is 0 Å². The maximum absolute atomic E-state index is 12.2. The number of hydrogen-bond acceptors (Lipinski definition) is 7. The minimum atomic E-state index is -0.519. The molecule has 0 saturated carbocycles. The predicted octanol–water partition coefficient (Wildman–Crippen LogP) is 4.29. The zero-order chi connectivity index (χ0) is 18.8. The van der Waals surface area contributed by atoms with Crippen LogP contribution in [0.5, 0.6) is 0 Å². The summed E-state index contributed by atoms with van der Waals surface area (Å²) in [6.07, 6.45) is 0. The molecule has 0 fully saturated rings. The summed E-state index contributed by atoms with van der Waals surface area (Å²) < 4.78 is 6.98. The van der Waals surface area contributed by atoms with E-state index in [0.29, 0.717) is 10.6 Å². The molecule has 0 saturated heterocycles.